The number of carboxylic acid groups (broad SMARTS) is 1. The number of hydrogen-bond donors (Lipinski definition) is 7. The van der Waals surface area contributed by atoms with Crippen LogP contribution in [0.3, 0.4) is 0 Å². The number of nitrogens with two attached hydrogens (primary N) is 1. The van der Waals surface area contributed by atoms with E-state index in [2.05, 4.69) is 21.3 Å². The van der Waals surface area contributed by atoms with E-state index >= 15 is 4.39 Å². The molecule has 0 bridgehead atoms. The van der Waals surface area contributed by atoms with Crippen molar-refractivity contribution in [1.82, 2.24) is 30.8 Å². The molecule has 2 aliphatic heterocycles. The molecular formula is C40H46FN7O11. The number of aliphatic hydroxyl groups is 1. The van der Waals surface area contributed by atoms with Crippen LogP contribution in [-0.2, 0) is 63.4 Å². The number of halogens is 1. The van der Waals surface area contributed by atoms with Gasteiger partial charge in [-0.05, 0) is 68.2 Å². The Balaban J connectivity index is 1.01. The number of nitrogens with one attached hydrogen (secondary N) is 4. The number of nitrogens with zero attached hydrogens (tertiary/aromatic N) is 2. The third kappa shape index (κ3) is 7.76. The molecular weight excluding hydrogens is 773 g/mol. The summed E-state index contributed by atoms with van der Waals surface area (Å²) in [5.41, 5.74) is 7.07. The van der Waals surface area contributed by atoms with Crippen LogP contribution < -0.4 is 32.6 Å². The number of amides is 4. The molecule has 314 valence electrons. The summed E-state index contributed by atoms with van der Waals surface area (Å²) >= 11 is 0. The second-order valence-electron chi connectivity index (χ2n) is 15.5. The zero-order chi connectivity index (χ0) is 42.3. The normalized spacial score (nSPS) is 21.6. The Morgan fingerprint density at radius 3 is 2.59 bits per heavy atom. The van der Waals surface area contributed by atoms with E-state index in [1.54, 1.807) is 19.9 Å². The lowest BCUT2D eigenvalue weighted by molar-refractivity contribution is -0.172. The van der Waals surface area contributed by atoms with E-state index in [-0.39, 0.29) is 62.3 Å². The first-order chi connectivity index (χ1) is 28.1. The number of carboxylic acids is 1. The van der Waals surface area contributed by atoms with E-state index in [4.69, 9.17) is 25.3 Å². The summed E-state index contributed by atoms with van der Waals surface area (Å²) in [5, 5.41) is 31.5. The van der Waals surface area contributed by atoms with Crippen molar-refractivity contribution in [2.45, 2.75) is 102 Å². The summed E-state index contributed by atoms with van der Waals surface area (Å²) < 4.78 is 27.8. The van der Waals surface area contributed by atoms with Crippen LogP contribution in [0, 0.1) is 18.7 Å². The Kier molecular flexibility index (Phi) is 11.5. The Labute approximate surface area is 336 Å². The van der Waals surface area contributed by atoms with E-state index in [9.17, 15) is 38.7 Å². The van der Waals surface area contributed by atoms with Gasteiger partial charge in [0.15, 0.2) is 5.60 Å². The van der Waals surface area contributed by atoms with Gasteiger partial charge < -0.3 is 51.3 Å². The number of cyclic esters (lactones) is 1. The molecule has 2 aromatic heterocycles. The third-order valence-electron chi connectivity index (χ3n) is 11.8. The van der Waals surface area contributed by atoms with Crippen molar-refractivity contribution >= 4 is 46.5 Å². The molecule has 4 aliphatic rings. The molecule has 3 aromatic rings. The smallest absolute Gasteiger partial charge is 0.343 e. The number of carbonyl (C=O) groups is 6. The molecule has 7 rings (SSSR count). The molecule has 0 spiro atoms. The van der Waals surface area contributed by atoms with Crippen molar-refractivity contribution in [2.24, 2.45) is 11.7 Å². The average molecular weight is 820 g/mol. The van der Waals surface area contributed by atoms with E-state index < -0.39 is 77.7 Å². The Bertz CT molecular complexity index is 2340. The van der Waals surface area contributed by atoms with Crippen molar-refractivity contribution in [3.63, 3.8) is 0 Å². The fourth-order valence-electron chi connectivity index (χ4n) is 8.55. The summed E-state index contributed by atoms with van der Waals surface area (Å²) in [4.78, 5) is 92.8. The number of aryl methyl sites for hydroxylation is 1. The number of aromatic nitrogens is 2. The third-order valence-corrected chi connectivity index (χ3v) is 11.8. The fourth-order valence-corrected chi connectivity index (χ4v) is 8.55. The zero-order valence-electron chi connectivity index (χ0n) is 32.6. The van der Waals surface area contributed by atoms with Gasteiger partial charge in [0, 0.05) is 34.9 Å². The number of pyridine rings is 2. The van der Waals surface area contributed by atoms with Crippen LogP contribution in [0.25, 0.3) is 22.3 Å². The van der Waals surface area contributed by atoms with E-state index in [1.165, 1.54) is 10.6 Å². The highest BCUT2D eigenvalue weighted by molar-refractivity contribution is 5.94. The summed E-state index contributed by atoms with van der Waals surface area (Å²) in [7, 11) is 0. The maximum absolute atomic E-state index is 15.3. The highest BCUT2D eigenvalue weighted by Crippen LogP contribution is 2.46. The molecule has 18 nitrogen and oxygen atoms in total. The first-order valence-corrected chi connectivity index (χ1v) is 19.6. The molecule has 8 N–H and O–H groups in total. The van der Waals surface area contributed by atoms with Crippen LogP contribution in [0.2, 0.25) is 0 Å². The number of benzene rings is 1. The van der Waals surface area contributed by atoms with Gasteiger partial charge in [-0.25, -0.2) is 14.2 Å². The van der Waals surface area contributed by atoms with Gasteiger partial charge in [0.25, 0.3) is 5.56 Å². The molecule has 0 unspecified atom stereocenters. The van der Waals surface area contributed by atoms with Gasteiger partial charge >= 0.3 is 11.9 Å². The van der Waals surface area contributed by atoms with Gasteiger partial charge in [0.05, 0.1) is 54.2 Å². The molecule has 2 aliphatic carbocycles. The van der Waals surface area contributed by atoms with E-state index in [1.807, 2.05) is 0 Å². The zero-order valence-corrected chi connectivity index (χ0v) is 32.6. The molecule has 0 saturated heterocycles. The second-order valence-corrected chi connectivity index (χ2v) is 15.5. The Hall–Kier alpha value is -5.79. The molecule has 3 atom stereocenters. The molecule has 59 heavy (non-hydrogen) atoms. The number of ether oxygens (including phenoxy) is 2. The van der Waals surface area contributed by atoms with Gasteiger partial charge in [-0.3, -0.25) is 28.8 Å². The highest BCUT2D eigenvalue weighted by Gasteiger charge is 2.47. The van der Waals surface area contributed by atoms with Crippen LogP contribution in [0.5, 0.6) is 0 Å². The van der Waals surface area contributed by atoms with E-state index in [0.29, 0.717) is 60.1 Å². The second kappa shape index (κ2) is 16.5. The SMILES string of the molecule is CCC[C@@]1(O)C(=O)OCc2c1cc1n(c2=O)Cc2c-1nc1cc(F)c(C)c3c1c2[C@@H](NC(=O)[C@H]1C[C@@H](OCNC(=O)CNC(=O)[C@H](CCC(=O)O)NC(=O)CN)C1)CC3. The lowest BCUT2D eigenvalue weighted by atomic mass is 9.79. The maximum atomic E-state index is 15.3. The first kappa shape index (κ1) is 41.4. The molecule has 19 heteroatoms. The summed E-state index contributed by atoms with van der Waals surface area (Å²) in [6.07, 6.45) is 1.26. The fraction of sp³-hybridized carbons (Fsp3) is 0.500. The topological polar surface area (TPSA) is 270 Å². The number of carbonyl (C=O) groups excluding carboxylic acids is 5. The minimum atomic E-state index is -2.01. The minimum absolute atomic E-state index is 0.0483. The van der Waals surface area contributed by atoms with Crippen LogP contribution >= 0.6 is 0 Å². The van der Waals surface area contributed by atoms with Crippen molar-refractivity contribution in [3.05, 3.63) is 61.7 Å². The van der Waals surface area contributed by atoms with Gasteiger partial charge in [-0.2, -0.15) is 0 Å². The van der Waals surface area contributed by atoms with E-state index in [0.717, 1.165) is 16.5 Å². The number of fused-ring (bicyclic) bond motifs is 5. The summed E-state index contributed by atoms with van der Waals surface area (Å²) in [6, 6.07) is 1.29. The van der Waals surface area contributed by atoms with Crippen molar-refractivity contribution < 1.29 is 52.8 Å². The number of rotatable bonds is 15. The lowest BCUT2D eigenvalue weighted by Gasteiger charge is -2.36. The standard InChI is InChI=1S/C40H46FN7O11/c1-3-8-40(57)24-11-29-35-22(15-48(29)38(55)23(24)16-58-39(40)56)34-26(5-4-21-18(2)25(41)12-28(46-35)33(21)34)47-36(53)19-9-20(10-19)59-17-44-31(50)14-43-37(54)27(6-7-32(51)52)45-30(49)13-42/h11-12,19-20,26-27,57H,3-10,13-17,42H2,1-2H3,(H,43,54)(H,44,50)(H,45,49)(H,47,53)(H,51,52)/t19-,20+,26-,27-,40-/m0/s1. The van der Waals surface area contributed by atoms with Gasteiger partial charge in [0.1, 0.15) is 25.2 Å². The van der Waals surface area contributed by atoms with Crippen molar-refractivity contribution in [1.29, 1.82) is 0 Å². The van der Waals surface area contributed by atoms with Crippen molar-refractivity contribution in [3.8, 4) is 11.4 Å². The highest BCUT2D eigenvalue weighted by atomic mass is 19.1. The van der Waals surface area contributed by atoms with Crippen molar-refractivity contribution in [2.75, 3.05) is 19.8 Å². The minimum Gasteiger partial charge on any atom is -0.481 e. The quantitative estimate of drug-likeness (QED) is 0.0630. The predicted molar refractivity (Wildman–Crippen MR) is 205 cm³/mol. The molecule has 4 heterocycles. The average Bonchev–Trinajstić information content (AvgIpc) is 3.55. The number of esters is 1. The largest absolute Gasteiger partial charge is 0.481 e. The van der Waals surface area contributed by atoms with Crippen LogP contribution in [0.1, 0.15) is 91.3 Å². The van der Waals surface area contributed by atoms with Crippen LogP contribution in [-0.4, -0.2) is 87.3 Å². The summed E-state index contributed by atoms with van der Waals surface area (Å²) in [6.45, 7) is 2.29. The molecule has 1 saturated carbocycles. The molecule has 4 amide bonds. The van der Waals surface area contributed by atoms with Gasteiger partial charge in [0.2, 0.25) is 23.6 Å². The summed E-state index contributed by atoms with van der Waals surface area (Å²) in [5.74, 6) is -5.03. The maximum Gasteiger partial charge on any atom is 0.343 e. The Morgan fingerprint density at radius 2 is 1.88 bits per heavy atom. The van der Waals surface area contributed by atoms with Crippen LogP contribution in [0.15, 0.2) is 16.9 Å². The van der Waals surface area contributed by atoms with Crippen LogP contribution in [0.4, 0.5) is 4.39 Å². The monoisotopic (exact) mass is 819 g/mol. The molecule has 1 aromatic carbocycles. The number of aliphatic carboxylic acids is 1. The molecule has 0 radical (unpaired) electrons. The first-order valence-electron chi connectivity index (χ1n) is 19.6. The molecule has 1 fully saturated rings. The van der Waals surface area contributed by atoms with Gasteiger partial charge in [-0.15, -0.1) is 0 Å². The lowest BCUT2D eigenvalue weighted by Crippen LogP contribution is -2.50. The number of hydrogen-bond acceptors (Lipinski definition) is 12. The predicted octanol–water partition coefficient (Wildman–Crippen LogP) is 0.314. The Morgan fingerprint density at radius 1 is 1.12 bits per heavy atom. The van der Waals surface area contributed by atoms with Gasteiger partial charge in [-0.1, -0.05) is 13.3 Å².